The van der Waals surface area contributed by atoms with Crippen LogP contribution in [0.4, 0.5) is 0 Å². The fourth-order valence-corrected chi connectivity index (χ4v) is 1.62. The van der Waals surface area contributed by atoms with Crippen molar-refractivity contribution in [2.45, 2.75) is 6.42 Å². The van der Waals surface area contributed by atoms with Crippen LogP contribution in [0.15, 0.2) is 49.6 Å². The van der Waals surface area contributed by atoms with Crippen LogP contribution in [0.5, 0.6) is 5.75 Å². The number of aromatic hydroxyl groups is 1. The van der Waals surface area contributed by atoms with E-state index in [2.05, 4.69) is 18.1 Å². The summed E-state index contributed by atoms with van der Waals surface area (Å²) in [5, 5.41) is 9.62. The monoisotopic (exact) mass is 217 g/mol. The molecule has 0 aliphatic rings. The zero-order valence-electron chi connectivity index (χ0n) is 9.60. The molecule has 0 saturated heterocycles. The first kappa shape index (κ1) is 12.5. The van der Waals surface area contributed by atoms with Gasteiger partial charge < -0.3 is 5.11 Å². The van der Waals surface area contributed by atoms with Crippen LogP contribution in [0.1, 0.15) is 5.56 Å². The predicted octanol–water partition coefficient (Wildman–Crippen LogP) is 2.61. The highest BCUT2D eigenvalue weighted by Gasteiger charge is 2.03. The molecule has 2 heteroatoms. The Morgan fingerprint density at radius 1 is 1.12 bits per heavy atom. The second kappa shape index (κ2) is 6.85. The Morgan fingerprint density at radius 3 is 2.31 bits per heavy atom. The van der Waals surface area contributed by atoms with Crippen molar-refractivity contribution in [3.05, 3.63) is 55.1 Å². The number of para-hydroxylation sites is 1. The third-order valence-corrected chi connectivity index (χ3v) is 2.46. The minimum absolute atomic E-state index is 0.375. The summed E-state index contributed by atoms with van der Waals surface area (Å²) in [5.74, 6) is 0.375. The molecule has 0 heterocycles. The van der Waals surface area contributed by atoms with E-state index in [1.165, 1.54) is 0 Å². The van der Waals surface area contributed by atoms with E-state index in [0.29, 0.717) is 5.75 Å². The molecule has 86 valence electrons. The first-order valence-corrected chi connectivity index (χ1v) is 5.49. The van der Waals surface area contributed by atoms with Crippen LogP contribution in [-0.2, 0) is 6.42 Å². The van der Waals surface area contributed by atoms with Crippen LogP contribution in [0.25, 0.3) is 0 Å². The molecule has 0 fully saturated rings. The fraction of sp³-hybridized carbons (Fsp3) is 0.286. The molecular formula is C14H19NO. The first-order valence-electron chi connectivity index (χ1n) is 5.49. The molecule has 0 saturated carbocycles. The fourth-order valence-electron chi connectivity index (χ4n) is 1.62. The van der Waals surface area contributed by atoms with Crippen LogP contribution in [-0.4, -0.2) is 29.6 Å². The zero-order chi connectivity index (χ0) is 11.8. The lowest BCUT2D eigenvalue weighted by molar-refractivity contribution is 0.337. The van der Waals surface area contributed by atoms with Crippen molar-refractivity contribution in [3.8, 4) is 5.75 Å². The van der Waals surface area contributed by atoms with Gasteiger partial charge in [0.1, 0.15) is 5.75 Å². The Labute approximate surface area is 97.5 Å². The quantitative estimate of drug-likeness (QED) is 0.710. The van der Waals surface area contributed by atoms with Crippen LogP contribution in [0, 0.1) is 0 Å². The maximum Gasteiger partial charge on any atom is 0.118 e. The van der Waals surface area contributed by atoms with Gasteiger partial charge in [-0.3, -0.25) is 4.90 Å². The van der Waals surface area contributed by atoms with Crippen molar-refractivity contribution >= 4 is 0 Å². The van der Waals surface area contributed by atoms with Gasteiger partial charge in [0, 0.05) is 19.6 Å². The maximum absolute atomic E-state index is 9.62. The summed E-state index contributed by atoms with van der Waals surface area (Å²) in [4.78, 5) is 2.23. The van der Waals surface area contributed by atoms with Gasteiger partial charge in [-0.25, -0.2) is 0 Å². The molecule has 0 radical (unpaired) electrons. The maximum atomic E-state index is 9.62. The van der Waals surface area contributed by atoms with Crippen LogP contribution < -0.4 is 0 Å². The summed E-state index contributed by atoms with van der Waals surface area (Å²) in [6.45, 7) is 10.1. The molecule has 1 N–H and O–H groups in total. The third-order valence-electron chi connectivity index (χ3n) is 2.46. The second-order valence-electron chi connectivity index (χ2n) is 3.72. The van der Waals surface area contributed by atoms with Gasteiger partial charge in [0.2, 0.25) is 0 Å². The molecule has 0 aromatic heterocycles. The van der Waals surface area contributed by atoms with Crippen molar-refractivity contribution in [2.75, 3.05) is 19.6 Å². The Bertz CT molecular complexity index is 336. The Balaban J connectivity index is 2.51. The molecule has 16 heavy (non-hydrogen) atoms. The highest BCUT2D eigenvalue weighted by molar-refractivity contribution is 5.31. The van der Waals surface area contributed by atoms with Crippen molar-refractivity contribution in [1.29, 1.82) is 0 Å². The summed E-state index contributed by atoms with van der Waals surface area (Å²) in [6.07, 6.45) is 4.61. The summed E-state index contributed by atoms with van der Waals surface area (Å²) in [7, 11) is 0. The van der Waals surface area contributed by atoms with E-state index in [9.17, 15) is 5.11 Å². The second-order valence-corrected chi connectivity index (χ2v) is 3.72. The standard InChI is InChI=1S/C14H19NO/c1-3-10-15(11-4-2)12-9-13-7-5-6-8-14(13)16/h3-8,16H,1-2,9-12H2. The van der Waals surface area contributed by atoms with Crippen LogP contribution >= 0.6 is 0 Å². The van der Waals surface area contributed by atoms with Crippen molar-refractivity contribution in [2.24, 2.45) is 0 Å². The largest absolute Gasteiger partial charge is 0.508 e. The number of hydrogen-bond acceptors (Lipinski definition) is 2. The van der Waals surface area contributed by atoms with Gasteiger partial charge in [-0.15, -0.1) is 13.2 Å². The molecule has 0 spiro atoms. The van der Waals surface area contributed by atoms with Gasteiger partial charge in [0.25, 0.3) is 0 Å². The molecule has 0 bridgehead atoms. The van der Waals surface area contributed by atoms with Crippen LogP contribution in [0.2, 0.25) is 0 Å². The van der Waals surface area contributed by atoms with Crippen LogP contribution in [0.3, 0.4) is 0 Å². The molecule has 0 aliphatic carbocycles. The van der Waals surface area contributed by atoms with E-state index in [0.717, 1.165) is 31.6 Å². The van der Waals surface area contributed by atoms with E-state index in [4.69, 9.17) is 0 Å². The summed E-state index contributed by atoms with van der Waals surface area (Å²) >= 11 is 0. The van der Waals surface area contributed by atoms with E-state index >= 15 is 0 Å². The van der Waals surface area contributed by atoms with Crippen molar-refractivity contribution < 1.29 is 5.11 Å². The SMILES string of the molecule is C=CCN(CC=C)CCc1ccccc1O. The molecule has 1 aromatic carbocycles. The predicted molar refractivity (Wildman–Crippen MR) is 68.6 cm³/mol. The van der Waals surface area contributed by atoms with Gasteiger partial charge in [-0.05, 0) is 18.1 Å². The Morgan fingerprint density at radius 2 is 1.75 bits per heavy atom. The molecule has 0 unspecified atom stereocenters. The van der Waals surface area contributed by atoms with Gasteiger partial charge in [0.05, 0.1) is 0 Å². The van der Waals surface area contributed by atoms with E-state index in [1.807, 2.05) is 30.4 Å². The highest BCUT2D eigenvalue weighted by Crippen LogP contribution is 2.16. The lowest BCUT2D eigenvalue weighted by atomic mass is 10.1. The Kier molecular flexibility index (Phi) is 5.37. The normalized spacial score (nSPS) is 10.3. The molecule has 1 rings (SSSR count). The minimum atomic E-state index is 0.375. The smallest absolute Gasteiger partial charge is 0.118 e. The van der Waals surface area contributed by atoms with Gasteiger partial charge in [-0.1, -0.05) is 30.4 Å². The number of nitrogens with zero attached hydrogens (tertiary/aromatic N) is 1. The summed E-state index contributed by atoms with van der Waals surface area (Å²) in [5.41, 5.74) is 0.987. The van der Waals surface area contributed by atoms with E-state index in [-0.39, 0.29) is 0 Å². The average Bonchev–Trinajstić information content (AvgIpc) is 2.28. The summed E-state index contributed by atoms with van der Waals surface area (Å²) in [6, 6.07) is 7.46. The van der Waals surface area contributed by atoms with Crippen molar-refractivity contribution in [3.63, 3.8) is 0 Å². The topological polar surface area (TPSA) is 23.5 Å². The van der Waals surface area contributed by atoms with Crippen molar-refractivity contribution in [1.82, 2.24) is 4.90 Å². The van der Waals surface area contributed by atoms with Gasteiger partial charge in [0.15, 0.2) is 0 Å². The number of phenolic OH excluding ortho intramolecular Hbond substituents is 1. The number of rotatable bonds is 7. The number of hydrogen-bond donors (Lipinski definition) is 1. The molecule has 1 aromatic rings. The van der Waals surface area contributed by atoms with Gasteiger partial charge >= 0.3 is 0 Å². The lowest BCUT2D eigenvalue weighted by Crippen LogP contribution is -2.26. The molecule has 0 amide bonds. The minimum Gasteiger partial charge on any atom is -0.508 e. The molecule has 0 atom stereocenters. The summed E-state index contributed by atoms with van der Waals surface area (Å²) < 4.78 is 0. The van der Waals surface area contributed by atoms with E-state index in [1.54, 1.807) is 6.07 Å². The van der Waals surface area contributed by atoms with Gasteiger partial charge in [-0.2, -0.15) is 0 Å². The first-order chi connectivity index (χ1) is 7.77. The molecule has 0 aliphatic heterocycles. The third kappa shape index (κ3) is 3.91. The van der Waals surface area contributed by atoms with E-state index < -0.39 is 0 Å². The average molecular weight is 217 g/mol. The Hall–Kier alpha value is -1.54. The molecule has 2 nitrogen and oxygen atoms in total. The zero-order valence-corrected chi connectivity index (χ0v) is 9.60. The number of phenols is 1. The lowest BCUT2D eigenvalue weighted by Gasteiger charge is -2.18. The molecular weight excluding hydrogens is 198 g/mol. The highest BCUT2D eigenvalue weighted by atomic mass is 16.3. The number of benzene rings is 1.